The highest BCUT2D eigenvalue weighted by Crippen LogP contribution is 2.29. The molecule has 1 heterocycles. The number of hydrogen-bond donors (Lipinski definition) is 1. The highest BCUT2D eigenvalue weighted by atomic mass is 19.1. The molecule has 0 radical (unpaired) electrons. The largest absolute Gasteiger partial charge is 0.359 e. The zero-order chi connectivity index (χ0) is 15.5. The minimum Gasteiger partial charge on any atom is -0.359 e. The minimum atomic E-state index is -0.437. The molecule has 1 unspecified atom stereocenters. The number of carbonyl (C=O) groups is 2. The average molecular weight is 292 g/mol. The molecule has 1 fully saturated rings. The second-order valence-corrected chi connectivity index (χ2v) is 5.91. The van der Waals surface area contributed by atoms with E-state index in [1.54, 1.807) is 25.2 Å². The van der Waals surface area contributed by atoms with Crippen molar-refractivity contribution in [1.29, 1.82) is 0 Å². The van der Waals surface area contributed by atoms with Gasteiger partial charge < -0.3 is 5.32 Å². The summed E-state index contributed by atoms with van der Waals surface area (Å²) in [5, 5.41) is 2.67. The fourth-order valence-corrected chi connectivity index (χ4v) is 2.84. The highest BCUT2D eigenvalue weighted by Gasteiger charge is 2.40. The lowest BCUT2D eigenvalue weighted by Gasteiger charge is -2.22. The summed E-state index contributed by atoms with van der Waals surface area (Å²) in [6.45, 7) is 3.46. The van der Waals surface area contributed by atoms with Gasteiger partial charge in [0, 0.05) is 20.0 Å². The molecule has 2 rings (SSSR count). The number of hydrogen-bond acceptors (Lipinski definition) is 3. The molecule has 0 bridgehead atoms. The Bertz CT molecular complexity index is 547. The van der Waals surface area contributed by atoms with Crippen LogP contribution in [0, 0.1) is 11.2 Å². The standard InChI is InChI=1S/C16H21FN2O2/c1-16(15(21)18-2)7-8-19(11-16)10-13(20)9-12-5-3-4-6-14(12)17/h3-6H,7-11H2,1-2H3,(H,18,21). The van der Waals surface area contributed by atoms with Crippen molar-refractivity contribution < 1.29 is 14.0 Å². The molecule has 1 amide bonds. The lowest BCUT2D eigenvalue weighted by Crippen LogP contribution is -2.40. The van der Waals surface area contributed by atoms with Gasteiger partial charge in [0.15, 0.2) is 5.78 Å². The quantitative estimate of drug-likeness (QED) is 0.892. The van der Waals surface area contributed by atoms with Crippen LogP contribution in [0.25, 0.3) is 0 Å². The molecule has 1 aromatic carbocycles. The SMILES string of the molecule is CNC(=O)C1(C)CCN(CC(=O)Cc2ccccc2F)C1. The van der Waals surface area contributed by atoms with Gasteiger partial charge in [-0.2, -0.15) is 0 Å². The fourth-order valence-electron chi connectivity index (χ4n) is 2.84. The van der Waals surface area contributed by atoms with Crippen LogP contribution in [-0.2, 0) is 16.0 Å². The van der Waals surface area contributed by atoms with Crippen molar-refractivity contribution in [2.24, 2.45) is 5.41 Å². The van der Waals surface area contributed by atoms with Crippen molar-refractivity contribution >= 4 is 11.7 Å². The Hall–Kier alpha value is -1.75. The summed E-state index contributed by atoms with van der Waals surface area (Å²) in [6.07, 6.45) is 0.833. The average Bonchev–Trinajstić information content (AvgIpc) is 2.83. The van der Waals surface area contributed by atoms with Crippen molar-refractivity contribution in [3.05, 3.63) is 35.6 Å². The molecule has 1 atom stereocenters. The Kier molecular flexibility index (Phi) is 4.73. The third kappa shape index (κ3) is 3.67. The number of rotatable bonds is 5. The summed E-state index contributed by atoms with van der Waals surface area (Å²) in [7, 11) is 1.62. The van der Waals surface area contributed by atoms with Gasteiger partial charge in [0.25, 0.3) is 0 Å². The number of nitrogens with one attached hydrogen (secondary N) is 1. The summed E-state index contributed by atoms with van der Waals surface area (Å²) >= 11 is 0. The van der Waals surface area contributed by atoms with Gasteiger partial charge in [-0.1, -0.05) is 18.2 Å². The van der Waals surface area contributed by atoms with E-state index in [0.29, 0.717) is 18.7 Å². The summed E-state index contributed by atoms with van der Waals surface area (Å²) < 4.78 is 13.5. The van der Waals surface area contributed by atoms with E-state index >= 15 is 0 Å². The van der Waals surface area contributed by atoms with Crippen molar-refractivity contribution in [3.63, 3.8) is 0 Å². The molecule has 1 aliphatic heterocycles. The number of carbonyl (C=O) groups excluding carboxylic acids is 2. The molecular weight excluding hydrogens is 271 g/mol. The number of ketones is 1. The second-order valence-electron chi connectivity index (χ2n) is 5.91. The molecule has 0 spiro atoms. The van der Waals surface area contributed by atoms with E-state index in [4.69, 9.17) is 0 Å². The first-order valence-electron chi connectivity index (χ1n) is 7.14. The molecule has 1 N–H and O–H groups in total. The second kappa shape index (κ2) is 6.35. The Morgan fingerprint density at radius 3 is 2.76 bits per heavy atom. The third-order valence-electron chi connectivity index (χ3n) is 4.07. The third-order valence-corrected chi connectivity index (χ3v) is 4.07. The van der Waals surface area contributed by atoms with E-state index in [1.165, 1.54) is 6.07 Å². The highest BCUT2D eigenvalue weighted by molar-refractivity contribution is 5.84. The van der Waals surface area contributed by atoms with E-state index in [0.717, 1.165) is 6.42 Å². The van der Waals surface area contributed by atoms with Gasteiger partial charge in [0.1, 0.15) is 5.82 Å². The van der Waals surface area contributed by atoms with Gasteiger partial charge in [-0.05, 0) is 31.5 Å². The number of nitrogens with zero attached hydrogens (tertiary/aromatic N) is 1. The maximum atomic E-state index is 13.5. The van der Waals surface area contributed by atoms with Crippen LogP contribution in [0.1, 0.15) is 18.9 Å². The van der Waals surface area contributed by atoms with Gasteiger partial charge in [-0.15, -0.1) is 0 Å². The van der Waals surface area contributed by atoms with Crippen LogP contribution in [0.3, 0.4) is 0 Å². The van der Waals surface area contributed by atoms with Crippen molar-refractivity contribution in [2.45, 2.75) is 19.8 Å². The maximum Gasteiger partial charge on any atom is 0.227 e. The van der Waals surface area contributed by atoms with Gasteiger partial charge >= 0.3 is 0 Å². The Morgan fingerprint density at radius 1 is 1.38 bits per heavy atom. The zero-order valence-electron chi connectivity index (χ0n) is 12.5. The predicted octanol–water partition coefficient (Wildman–Crippen LogP) is 1.40. The summed E-state index contributed by atoms with van der Waals surface area (Å²) in [5.74, 6) is -0.365. The summed E-state index contributed by atoms with van der Waals surface area (Å²) in [6, 6.07) is 6.33. The molecule has 4 nitrogen and oxygen atoms in total. The van der Waals surface area contributed by atoms with Crippen LogP contribution in [0.2, 0.25) is 0 Å². The maximum absolute atomic E-state index is 13.5. The van der Waals surface area contributed by atoms with E-state index in [1.807, 2.05) is 11.8 Å². The number of likely N-dealkylation sites (tertiary alicyclic amines) is 1. The normalized spacial score (nSPS) is 22.2. The Morgan fingerprint density at radius 2 is 2.10 bits per heavy atom. The van der Waals surface area contributed by atoms with E-state index in [9.17, 15) is 14.0 Å². The monoisotopic (exact) mass is 292 g/mol. The molecule has 114 valence electrons. The van der Waals surface area contributed by atoms with Crippen LogP contribution in [-0.4, -0.2) is 43.3 Å². The summed E-state index contributed by atoms with van der Waals surface area (Å²) in [5.41, 5.74) is -0.0108. The van der Waals surface area contributed by atoms with Crippen LogP contribution in [0.15, 0.2) is 24.3 Å². The predicted molar refractivity (Wildman–Crippen MR) is 78.3 cm³/mol. The smallest absolute Gasteiger partial charge is 0.227 e. The first kappa shape index (κ1) is 15.6. The molecule has 0 saturated carbocycles. The van der Waals surface area contributed by atoms with E-state index < -0.39 is 5.41 Å². The first-order valence-corrected chi connectivity index (χ1v) is 7.14. The van der Waals surface area contributed by atoms with Crippen molar-refractivity contribution in [2.75, 3.05) is 26.7 Å². The number of Topliss-reactive ketones (excluding diaryl/α,β-unsaturated/α-hetero) is 1. The first-order chi connectivity index (χ1) is 9.94. The van der Waals surface area contributed by atoms with Crippen molar-refractivity contribution in [1.82, 2.24) is 10.2 Å². The van der Waals surface area contributed by atoms with Crippen LogP contribution < -0.4 is 5.32 Å². The number of amides is 1. The van der Waals surface area contributed by atoms with Crippen LogP contribution in [0.4, 0.5) is 4.39 Å². The molecule has 21 heavy (non-hydrogen) atoms. The van der Waals surface area contributed by atoms with Gasteiger partial charge in [-0.3, -0.25) is 14.5 Å². The molecule has 0 aromatic heterocycles. The molecule has 1 saturated heterocycles. The van der Waals surface area contributed by atoms with Gasteiger partial charge in [0.2, 0.25) is 5.91 Å². The van der Waals surface area contributed by atoms with Gasteiger partial charge in [-0.25, -0.2) is 4.39 Å². The molecule has 0 aliphatic carbocycles. The Balaban J connectivity index is 1.90. The fraction of sp³-hybridized carbons (Fsp3) is 0.500. The zero-order valence-corrected chi connectivity index (χ0v) is 12.5. The Labute approximate surface area is 124 Å². The lowest BCUT2D eigenvalue weighted by molar-refractivity contribution is -0.129. The lowest BCUT2D eigenvalue weighted by atomic mass is 9.89. The van der Waals surface area contributed by atoms with Gasteiger partial charge in [0.05, 0.1) is 12.0 Å². The van der Waals surface area contributed by atoms with E-state index in [-0.39, 0.29) is 30.5 Å². The molecular formula is C16H21FN2O2. The molecule has 1 aliphatic rings. The number of halogens is 1. The van der Waals surface area contributed by atoms with Crippen molar-refractivity contribution in [3.8, 4) is 0 Å². The van der Waals surface area contributed by atoms with Crippen LogP contribution >= 0.6 is 0 Å². The van der Waals surface area contributed by atoms with E-state index in [2.05, 4.69) is 5.32 Å². The number of benzene rings is 1. The minimum absolute atomic E-state index is 0.00607. The van der Waals surface area contributed by atoms with Crippen LogP contribution in [0.5, 0.6) is 0 Å². The summed E-state index contributed by atoms with van der Waals surface area (Å²) in [4.78, 5) is 25.9. The molecule has 5 heteroatoms. The molecule has 1 aromatic rings. The topological polar surface area (TPSA) is 49.4 Å².